The van der Waals surface area contributed by atoms with E-state index in [-0.39, 0.29) is 31.0 Å². The summed E-state index contributed by atoms with van der Waals surface area (Å²) in [5.74, 6) is -0.685. The van der Waals surface area contributed by atoms with Crippen LogP contribution in [0.3, 0.4) is 0 Å². The lowest BCUT2D eigenvalue weighted by Gasteiger charge is -2.42. The van der Waals surface area contributed by atoms with Crippen molar-refractivity contribution < 1.29 is 32.2 Å². The number of ether oxygens (including phenoxy) is 2. The van der Waals surface area contributed by atoms with Gasteiger partial charge in [0.25, 0.3) is 5.91 Å². The molecule has 33 heavy (non-hydrogen) atoms. The molecule has 0 aromatic heterocycles. The highest BCUT2D eigenvalue weighted by atomic mass is 35.5. The monoisotopic (exact) mass is 484 g/mol. The fourth-order valence-electron chi connectivity index (χ4n) is 3.99. The van der Waals surface area contributed by atoms with Crippen LogP contribution in [0.1, 0.15) is 35.2 Å². The highest BCUT2D eigenvalue weighted by Crippen LogP contribution is 2.35. The van der Waals surface area contributed by atoms with Gasteiger partial charge in [-0.05, 0) is 67.8 Å². The number of alkyl halides is 3. The lowest BCUT2D eigenvalue weighted by atomic mass is 9.77. The molecule has 2 amide bonds. The minimum atomic E-state index is -4.81. The first-order valence-corrected chi connectivity index (χ1v) is 10.7. The topological polar surface area (TPSA) is 81.9 Å². The summed E-state index contributed by atoms with van der Waals surface area (Å²) in [7, 11) is 0. The number of primary amides is 1. The summed E-state index contributed by atoms with van der Waals surface area (Å²) >= 11 is 6.05. The Bertz CT molecular complexity index is 1010. The molecule has 178 valence electrons. The van der Waals surface area contributed by atoms with E-state index in [2.05, 4.69) is 4.74 Å². The molecule has 0 aliphatic carbocycles. The average molecular weight is 485 g/mol. The van der Waals surface area contributed by atoms with Gasteiger partial charge in [-0.15, -0.1) is 13.2 Å². The zero-order chi connectivity index (χ0) is 24.2. The molecule has 2 N–H and O–H groups in total. The number of piperidine rings is 1. The smallest absolute Gasteiger partial charge is 0.493 e. The Labute approximate surface area is 194 Å². The van der Waals surface area contributed by atoms with Crippen molar-refractivity contribution in [2.45, 2.75) is 32.5 Å². The summed E-state index contributed by atoms with van der Waals surface area (Å²) in [5, 5.41) is 0.607. The second-order valence-electron chi connectivity index (χ2n) is 8.25. The van der Waals surface area contributed by atoms with E-state index >= 15 is 0 Å². The summed E-state index contributed by atoms with van der Waals surface area (Å²) in [4.78, 5) is 26.4. The van der Waals surface area contributed by atoms with E-state index in [0.29, 0.717) is 30.2 Å². The van der Waals surface area contributed by atoms with Crippen LogP contribution < -0.4 is 15.2 Å². The third kappa shape index (κ3) is 6.77. The van der Waals surface area contributed by atoms with E-state index in [4.69, 9.17) is 22.1 Å². The number of carbonyl (C=O) groups is 2. The van der Waals surface area contributed by atoms with Crippen molar-refractivity contribution in [3.8, 4) is 11.5 Å². The Kier molecular flexibility index (Phi) is 7.41. The van der Waals surface area contributed by atoms with Crippen LogP contribution in [-0.2, 0) is 4.79 Å². The van der Waals surface area contributed by atoms with Crippen molar-refractivity contribution in [1.82, 2.24) is 4.90 Å². The first-order valence-electron chi connectivity index (χ1n) is 10.3. The van der Waals surface area contributed by atoms with Gasteiger partial charge in [0, 0.05) is 35.5 Å². The SMILES string of the molecule is Cc1cc(OC[C@@]2(CC(N)=O)CCCN(C(=O)c3ccc(OC(F)(F)F)cc3)C2)ccc1Cl. The first kappa shape index (κ1) is 24.7. The van der Waals surface area contributed by atoms with Crippen molar-refractivity contribution in [2.75, 3.05) is 19.7 Å². The van der Waals surface area contributed by atoms with Gasteiger partial charge in [-0.1, -0.05) is 11.6 Å². The molecule has 1 fully saturated rings. The summed E-state index contributed by atoms with van der Waals surface area (Å²) in [6.45, 7) is 2.68. The first-order chi connectivity index (χ1) is 15.5. The zero-order valence-electron chi connectivity index (χ0n) is 18.0. The molecule has 0 radical (unpaired) electrons. The fraction of sp³-hybridized carbons (Fsp3) is 0.391. The molecule has 2 aromatic carbocycles. The second-order valence-corrected chi connectivity index (χ2v) is 8.65. The van der Waals surface area contributed by atoms with Gasteiger partial charge in [-0.2, -0.15) is 0 Å². The van der Waals surface area contributed by atoms with Gasteiger partial charge in [0.2, 0.25) is 5.91 Å². The van der Waals surface area contributed by atoms with Crippen LogP contribution in [0.15, 0.2) is 42.5 Å². The quantitative estimate of drug-likeness (QED) is 0.616. The number of benzene rings is 2. The molecule has 0 spiro atoms. The Morgan fingerprint density at radius 1 is 1.15 bits per heavy atom. The summed E-state index contributed by atoms with van der Waals surface area (Å²) in [5.41, 5.74) is 5.87. The van der Waals surface area contributed by atoms with E-state index in [1.807, 2.05) is 6.92 Å². The van der Waals surface area contributed by atoms with Gasteiger partial charge in [0.15, 0.2) is 0 Å². The molecule has 6 nitrogen and oxygen atoms in total. The molecule has 1 heterocycles. The number of aryl methyl sites for hydroxylation is 1. The van der Waals surface area contributed by atoms with Crippen LogP contribution in [0.2, 0.25) is 5.02 Å². The minimum Gasteiger partial charge on any atom is -0.493 e. The van der Waals surface area contributed by atoms with Crippen molar-refractivity contribution >= 4 is 23.4 Å². The number of hydrogen-bond acceptors (Lipinski definition) is 4. The van der Waals surface area contributed by atoms with Crippen LogP contribution in [-0.4, -0.2) is 42.8 Å². The van der Waals surface area contributed by atoms with E-state index in [1.165, 1.54) is 12.1 Å². The molecule has 0 bridgehead atoms. The van der Waals surface area contributed by atoms with Gasteiger partial charge in [-0.3, -0.25) is 9.59 Å². The Morgan fingerprint density at radius 2 is 1.82 bits per heavy atom. The van der Waals surface area contributed by atoms with Crippen molar-refractivity contribution in [1.29, 1.82) is 0 Å². The molecule has 1 aliphatic heterocycles. The average Bonchev–Trinajstić information content (AvgIpc) is 2.73. The van der Waals surface area contributed by atoms with E-state index in [1.54, 1.807) is 23.1 Å². The lowest BCUT2D eigenvalue weighted by molar-refractivity contribution is -0.274. The van der Waals surface area contributed by atoms with Crippen LogP contribution in [0.4, 0.5) is 13.2 Å². The molecule has 2 aromatic rings. The molecule has 1 aliphatic rings. The molecule has 0 saturated carbocycles. The molecule has 1 atom stereocenters. The van der Waals surface area contributed by atoms with E-state index in [9.17, 15) is 22.8 Å². The molecule has 1 saturated heterocycles. The van der Waals surface area contributed by atoms with Gasteiger partial charge >= 0.3 is 6.36 Å². The Morgan fingerprint density at radius 3 is 2.42 bits per heavy atom. The van der Waals surface area contributed by atoms with Crippen LogP contribution in [0, 0.1) is 12.3 Å². The minimum absolute atomic E-state index is 0.0295. The normalized spacial score (nSPS) is 18.6. The lowest BCUT2D eigenvalue weighted by Crippen LogP contribution is -2.50. The molecular weight excluding hydrogens is 461 g/mol. The zero-order valence-corrected chi connectivity index (χ0v) is 18.7. The van der Waals surface area contributed by atoms with Crippen LogP contribution in [0.25, 0.3) is 0 Å². The number of rotatable bonds is 7. The molecule has 10 heteroatoms. The largest absolute Gasteiger partial charge is 0.573 e. The number of likely N-dealkylation sites (tertiary alicyclic amines) is 1. The molecule has 0 unspecified atom stereocenters. The van der Waals surface area contributed by atoms with Crippen molar-refractivity contribution in [3.05, 3.63) is 58.6 Å². The molecular formula is C23H24ClF3N2O4. The number of nitrogens with zero attached hydrogens (tertiary/aromatic N) is 1. The van der Waals surface area contributed by atoms with Crippen LogP contribution in [0.5, 0.6) is 11.5 Å². The maximum atomic E-state index is 13.0. The van der Waals surface area contributed by atoms with E-state index in [0.717, 1.165) is 17.7 Å². The predicted molar refractivity (Wildman–Crippen MR) is 116 cm³/mol. The number of amides is 2. The van der Waals surface area contributed by atoms with Crippen molar-refractivity contribution in [3.63, 3.8) is 0 Å². The molecule has 3 rings (SSSR count). The third-order valence-electron chi connectivity index (χ3n) is 5.51. The maximum absolute atomic E-state index is 13.0. The van der Waals surface area contributed by atoms with Gasteiger partial charge < -0.3 is 20.1 Å². The third-order valence-corrected chi connectivity index (χ3v) is 5.93. The number of carbonyl (C=O) groups excluding carboxylic acids is 2. The standard InChI is InChI=1S/C23H24ClF3N2O4/c1-15-11-18(7-8-19(15)24)32-14-22(12-20(28)30)9-2-10-29(13-22)21(31)16-3-5-17(6-4-16)33-23(25,26)27/h3-8,11H,2,9-10,12-14H2,1H3,(H2,28,30)/t22-/m1/s1. The maximum Gasteiger partial charge on any atom is 0.573 e. The highest BCUT2D eigenvalue weighted by molar-refractivity contribution is 6.31. The highest BCUT2D eigenvalue weighted by Gasteiger charge is 2.40. The number of hydrogen-bond donors (Lipinski definition) is 1. The van der Waals surface area contributed by atoms with Gasteiger partial charge in [-0.25, -0.2) is 0 Å². The van der Waals surface area contributed by atoms with E-state index < -0.39 is 23.4 Å². The van der Waals surface area contributed by atoms with Crippen molar-refractivity contribution in [2.24, 2.45) is 11.1 Å². The number of halogens is 4. The Hall–Kier alpha value is -2.94. The van der Waals surface area contributed by atoms with Crippen LogP contribution >= 0.6 is 11.6 Å². The van der Waals surface area contributed by atoms with Gasteiger partial charge in [0.1, 0.15) is 11.5 Å². The predicted octanol–water partition coefficient (Wildman–Crippen LogP) is 4.72. The summed E-state index contributed by atoms with van der Waals surface area (Å²) in [6.07, 6.45) is -3.53. The fourth-order valence-corrected chi connectivity index (χ4v) is 4.11. The number of nitrogens with two attached hydrogens (primary N) is 1. The van der Waals surface area contributed by atoms with Gasteiger partial charge in [0.05, 0.1) is 6.61 Å². The summed E-state index contributed by atoms with van der Waals surface area (Å²) < 4.78 is 46.9. The second kappa shape index (κ2) is 9.91. The Balaban J connectivity index is 1.73. The summed E-state index contributed by atoms with van der Waals surface area (Å²) in [6, 6.07) is 9.97.